The molecule has 1 fully saturated rings. The lowest BCUT2D eigenvalue weighted by molar-refractivity contribution is 0.321. The number of piperidine rings is 1. The number of halogens is 2. The normalized spacial score (nSPS) is 25.1. The molecule has 5 heteroatoms. The quantitative estimate of drug-likeness (QED) is 0.821. The van der Waals surface area contributed by atoms with E-state index in [1.807, 2.05) is 4.90 Å². The first-order valence-electron chi connectivity index (χ1n) is 5.85. The van der Waals surface area contributed by atoms with E-state index in [9.17, 15) is 8.78 Å². The second-order valence-corrected chi connectivity index (χ2v) is 4.85. The van der Waals surface area contributed by atoms with Gasteiger partial charge < -0.3 is 10.6 Å². The van der Waals surface area contributed by atoms with Crippen molar-refractivity contribution in [3.8, 4) is 0 Å². The predicted molar refractivity (Wildman–Crippen MR) is 63.7 cm³/mol. The maximum Gasteiger partial charge on any atom is 0.168 e. The highest BCUT2D eigenvalue weighted by Crippen LogP contribution is 2.28. The summed E-state index contributed by atoms with van der Waals surface area (Å²) in [7, 11) is 0. The molecule has 0 aromatic carbocycles. The topological polar surface area (TPSA) is 42.2 Å². The molecule has 2 heterocycles. The third kappa shape index (κ3) is 2.33. The molecule has 17 heavy (non-hydrogen) atoms. The van der Waals surface area contributed by atoms with Crippen molar-refractivity contribution in [2.24, 2.45) is 11.8 Å². The summed E-state index contributed by atoms with van der Waals surface area (Å²) in [6.07, 6.45) is 0.986. The second kappa shape index (κ2) is 4.47. The van der Waals surface area contributed by atoms with Crippen molar-refractivity contribution in [3.63, 3.8) is 0 Å². The number of anilines is 2. The average molecular weight is 241 g/mol. The molecule has 3 nitrogen and oxygen atoms in total. The first-order chi connectivity index (χ1) is 7.99. The van der Waals surface area contributed by atoms with Crippen LogP contribution in [0, 0.1) is 23.5 Å². The van der Waals surface area contributed by atoms with E-state index in [4.69, 9.17) is 5.73 Å². The Morgan fingerprint density at radius 3 is 2.65 bits per heavy atom. The fraction of sp³-hybridized carbons (Fsp3) is 0.583. The zero-order valence-electron chi connectivity index (χ0n) is 10.1. The molecule has 1 aromatic rings. The van der Waals surface area contributed by atoms with Gasteiger partial charge in [0.2, 0.25) is 0 Å². The Morgan fingerprint density at radius 1 is 1.29 bits per heavy atom. The van der Waals surface area contributed by atoms with Crippen LogP contribution in [-0.2, 0) is 0 Å². The van der Waals surface area contributed by atoms with Crippen molar-refractivity contribution in [1.82, 2.24) is 4.98 Å². The molecule has 0 bridgehead atoms. The van der Waals surface area contributed by atoms with Crippen molar-refractivity contribution in [2.45, 2.75) is 20.3 Å². The van der Waals surface area contributed by atoms with E-state index in [2.05, 4.69) is 18.8 Å². The van der Waals surface area contributed by atoms with Gasteiger partial charge in [-0.2, -0.15) is 0 Å². The SMILES string of the molecule is CC1CCN(c2nc(N)c(F)cc2F)CC1C. The van der Waals surface area contributed by atoms with Crippen LogP contribution >= 0.6 is 0 Å². The molecule has 2 atom stereocenters. The highest BCUT2D eigenvalue weighted by Gasteiger charge is 2.25. The van der Waals surface area contributed by atoms with E-state index in [0.717, 1.165) is 25.6 Å². The Balaban J connectivity index is 2.26. The molecule has 1 aliphatic rings. The number of nitrogens with zero attached hydrogens (tertiary/aromatic N) is 2. The van der Waals surface area contributed by atoms with Crippen LogP contribution in [-0.4, -0.2) is 18.1 Å². The molecule has 0 spiro atoms. The van der Waals surface area contributed by atoms with Crippen LogP contribution in [0.15, 0.2) is 6.07 Å². The summed E-state index contributed by atoms with van der Waals surface area (Å²) in [4.78, 5) is 5.65. The lowest BCUT2D eigenvalue weighted by atomic mass is 9.89. The standard InChI is InChI=1S/C12H17F2N3/c1-7-3-4-17(6-8(7)2)12-10(14)5-9(13)11(15)16-12/h5,7-8H,3-4,6H2,1-2H3,(H2,15,16). The van der Waals surface area contributed by atoms with Gasteiger partial charge in [0.05, 0.1) is 0 Å². The zero-order valence-corrected chi connectivity index (χ0v) is 10.1. The van der Waals surface area contributed by atoms with E-state index in [0.29, 0.717) is 11.8 Å². The summed E-state index contributed by atoms with van der Waals surface area (Å²) in [6, 6.07) is 0.806. The molecule has 1 saturated heterocycles. The largest absolute Gasteiger partial charge is 0.381 e. The minimum Gasteiger partial charge on any atom is -0.381 e. The number of aromatic nitrogens is 1. The number of hydrogen-bond donors (Lipinski definition) is 1. The minimum absolute atomic E-state index is 0.169. The Kier molecular flexibility index (Phi) is 3.17. The monoisotopic (exact) mass is 241 g/mol. The summed E-state index contributed by atoms with van der Waals surface area (Å²) in [5.74, 6) is -0.429. The van der Waals surface area contributed by atoms with Gasteiger partial charge in [-0.1, -0.05) is 13.8 Å². The Labute approximate surface area is 99.6 Å². The van der Waals surface area contributed by atoms with Crippen LogP contribution in [0.2, 0.25) is 0 Å². The molecule has 1 aliphatic heterocycles. The molecule has 2 rings (SSSR count). The lowest BCUT2D eigenvalue weighted by Gasteiger charge is -2.36. The molecular weight excluding hydrogens is 224 g/mol. The molecule has 0 saturated carbocycles. The van der Waals surface area contributed by atoms with Crippen LogP contribution in [0.3, 0.4) is 0 Å². The summed E-state index contributed by atoms with van der Waals surface area (Å²) in [6.45, 7) is 5.78. The van der Waals surface area contributed by atoms with Gasteiger partial charge in [-0.25, -0.2) is 13.8 Å². The summed E-state index contributed by atoms with van der Waals surface area (Å²) < 4.78 is 26.7. The van der Waals surface area contributed by atoms with Gasteiger partial charge in [0.25, 0.3) is 0 Å². The van der Waals surface area contributed by atoms with Crippen LogP contribution < -0.4 is 10.6 Å². The number of hydrogen-bond acceptors (Lipinski definition) is 3. The molecule has 0 aliphatic carbocycles. The van der Waals surface area contributed by atoms with Gasteiger partial charge in [-0.05, 0) is 18.3 Å². The molecule has 2 N–H and O–H groups in total. The highest BCUT2D eigenvalue weighted by atomic mass is 19.1. The molecule has 0 radical (unpaired) electrons. The minimum atomic E-state index is -0.801. The van der Waals surface area contributed by atoms with Gasteiger partial charge in [-0.3, -0.25) is 0 Å². The maximum absolute atomic E-state index is 13.6. The third-order valence-electron chi connectivity index (χ3n) is 3.57. The summed E-state index contributed by atoms with van der Waals surface area (Å²) in [5, 5.41) is 0. The van der Waals surface area contributed by atoms with Crippen molar-refractivity contribution in [1.29, 1.82) is 0 Å². The number of nitrogens with two attached hydrogens (primary N) is 1. The van der Waals surface area contributed by atoms with E-state index in [1.54, 1.807) is 0 Å². The van der Waals surface area contributed by atoms with Crippen LogP contribution in [0.4, 0.5) is 20.4 Å². The first kappa shape index (κ1) is 12.1. The molecule has 0 amide bonds. The van der Waals surface area contributed by atoms with Crippen molar-refractivity contribution in [3.05, 3.63) is 17.7 Å². The second-order valence-electron chi connectivity index (χ2n) is 4.85. The van der Waals surface area contributed by atoms with Crippen LogP contribution in [0.1, 0.15) is 20.3 Å². The van der Waals surface area contributed by atoms with Crippen LogP contribution in [0.5, 0.6) is 0 Å². The molecule has 2 unspecified atom stereocenters. The predicted octanol–water partition coefficient (Wildman–Crippen LogP) is 2.42. The maximum atomic E-state index is 13.6. The van der Waals surface area contributed by atoms with E-state index in [-0.39, 0.29) is 11.6 Å². The third-order valence-corrected chi connectivity index (χ3v) is 3.57. The average Bonchev–Trinajstić information content (AvgIpc) is 2.27. The van der Waals surface area contributed by atoms with Crippen molar-refractivity contribution >= 4 is 11.6 Å². The molecule has 94 valence electrons. The van der Waals surface area contributed by atoms with Gasteiger partial charge in [0.1, 0.15) is 0 Å². The van der Waals surface area contributed by atoms with E-state index in [1.165, 1.54) is 0 Å². The zero-order chi connectivity index (χ0) is 12.6. The van der Waals surface area contributed by atoms with Gasteiger partial charge in [-0.15, -0.1) is 0 Å². The first-order valence-corrected chi connectivity index (χ1v) is 5.85. The number of pyridine rings is 1. The number of nitrogen functional groups attached to an aromatic ring is 1. The summed E-state index contributed by atoms with van der Waals surface area (Å²) in [5.41, 5.74) is 5.38. The number of rotatable bonds is 1. The molecular formula is C12H17F2N3. The van der Waals surface area contributed by atoms with Crippen molar-refractivity contribution < 1.29 is 8.78 Å². The smallest absolute Gasteiger partial charge is 0.168 e. The lowest BCUT2D eigenvalue weighted by Crippen LogP contribution is -2.39. The van der Waals surface area contributed by atoms with Gasteiger partial charge in [0, 0.05) is 19.2 Å². The van der Waals surface area contributed by atoms with E-state index < -0.39 is 11.6 Å². The van der Waals surface area contributed by atoms with Crippen LogP contribution in [0.25, 0.3) is 0 Å². The van der Waals surface area contributed by atoms with Gasteiger partial charge in [0.15, 0.2) is 23.3 Å². The van der Waals surface area contributed by atoms with Crippen molar-refractivity contribution in [2.75, 3.05) is 23.7 Å². The fourth-order valence-electron chi connectivity index (χ4n) is 2.15. The fourth-order valence-corrected chi connectivity index (χ4v) is 2.15. The Morgan fingerprint density at radius 2 is 2.00 bits per heavy atom. The van der Waals surface area contributed by atoms with E-state index >= 15 is 0 Å². The Bertz CT molecular complexity index is 422. The molecule has 1 aromatic heterocycles. The van der Waals surface area contributed by atoms with Gasteiger partial charge >= 0.3 is 0 Å². The Hall–Kier alpha value is -1.39. The summed E-state index contributed by atoms with van der Waals surface area (Å²) >= 11 is 0. The highest BCUT2D eigenvalue weighted by molar-refractivity contribution is 5.47.